The number of nitrogens with zero attached hydrogens (tertiary/aromatic N) is 1. The van der Waals surface area contributed by atoms with Crippen LogP contribution in [0.25, 0.3) is 0 Å². The Bertz CT molecular complexity index is 793. The molecule has 0 radical (unpaired) electrons. The van der Waals surface area contributed by atoms with Crippen LogP contribution >= 0.6 is 0 Å². The fourth-order valence-electron chi connectivity index (χ4n) is 3.11. The fraction of sp³-hybridized carbons (Fsp3) is 0.556. The molecule has 1 aromatic carbocycles. The van der Waals surface area contributed by atoms with E-state index in [1.807, 2.05) is 12.1 Å². The largest absolute Gasteiger partial charge is 0.493 e. The zero-order valence-corrected chi connectivity index (χ0v) is 16.7. The third-order valence-electron chi connectivity index (χ3n) is 4.55. The number of nitrogens with one attached hydrogen (secondary N) is 1. The van der Waals surface area contributed by atoms with Gasteiger partial charge in [0.15, 0.2) is 21.3 Å². The molecule has 1 atom stereocenters. The molecule has 0 aliphatic carbocycles. The maximum absolute atomic E-state index is 12.2. The Balaban J connectivity index is 1.87. The summed E-state index contributed by atoms with van der Waals surface area (Å²) in [5.41, 5.74) is 0.971. The molecule has 1 aliphatic heterocycles. The van der Waals surface area contributed by atoms with Gasteiger partial charge in [0.05, 0.1) is 32.3 Å². The van der Waals surface area contributed by atoms with Crippen LogP contribution in [0.1, 0.15) is 18.9 Å². The van der Waals surface area contributed by atoms with Crippen LogP contribution in [-0.4, -0.2) is 70.0 Å². The lowest BCUT2D eigenvalue weighted by molar-refractivity contribution is -0.136. The highest BCUT2D eigenvalue weighted by molar-refractivity contribution is 7.91. The van der Waals surface area contributed by atoms with E-state index in [0.717, 1.165) is 5.56 Å². The van der Waals surface area contributed by atoms with Crippen LogP contribution in [0.5, 0.6) is 11.5 Å². The number of rotatable bonds is 8. The minimum atomic E-state index is -3.12. The summed E-state index contributed by atoms with van der Waals surface area (Å²) in [5, 5.41) is 2.77. The minimum absolute atomic E-state index is 0.0579. The second kappa shape index (κ2) is 9.07. The van der Waals surface area contributed by atoms with E-state index in [4.69, 9.17) is 9.47 Å². The number of carbonyl (C=O) groups excluding carboxylic acids is 2. The molecule has 1 aliphatic rings. The van der Waals surface area contributed by atoms with Crippen molar-refractivity contribution in [3.63, 3.8) is 0 Å². The monoisotopic (exact) mass is 398 g/mol. The quantitative estimate of drug-likeness (QED) is 0.680. The van der Waals surface area contributed by atoms with Crippen LogP contribution in [0.3, 0.4) is 0 Å². The summed E-state index contributed by atoms with van der Waals surface area (Å²) < 4.78 is 33.7. The lowest BCUT2D eigenvalue weighted by atomic mass is 10.1. The number of amides is 2. The Hall–Kier alpha value is -2.29. The second-order valence-electron chi connectivity index (χ2n) is 6.49. The third kappa shape index (κ3) is 5.85. The number of sulfone groups is 1. The van der Waals surface area contributed by atoms with Crippen molar-refractivity contribution in [3.05, 3.63) is 23.8 Å². The zero-order chi connectivity index (χ0) is 20.0. The number of hydrogen-bond donors (Lipinski definition) is 1. The van der Waals surface area contributed by atoms with Crippen LogP contribution in [0.4, 0.5) is 0 Å². The molecule has 1 N–H and O–H groups in total. The SMILES string of the molecule is COc1ccc(CCNC(=O)CN(C(C)=O)C2CCS(=O)(=O)C2)cc1OC. The van der Waals surface area contributed by atoms with Crippen molar-refractivity contribution in [3.8, 4) is 11.5 Å². The van der Waals surface area contributed by atoms with Gasteiger partial charge in [0.25, 0.3) is 0 Å². The van der Waals surface area contributed by atoms with Crippen LogP contribution in [-0.2, 0) is 25.8 Å². The Kier molecular flexibility index (Phi) is 7.06. The molecule has 150 valence electrons. The van der Waals surface area contributed by atoms with Crippen molar-refractivity contribution < 1.29 is 27.5 Å². The van der Waals surface area contributed by atoms with E-state index < -0.39 is 15.9 Å². The molecule has 27 heavy (non-hydrogen) atoms. The van der Waals surface area contributed by atoms with Gasteiger partial charge in [0.1, 0.15) is 0 Å². The average molecular weight is 398 g/mol. The van der Waals surface area contributed by atoms with E-state index in [2.05, 4.69) is 5.32 Å². The van der Waals surface area contributed by atoms with Crippen molar-refractivity contribution >= 4 is 21.7 Å². The molecule has 0 aromatic heterocycles. The van der Waals surface area contributed by atoms with Crippen LogP contribution in [0.2, 0.25) is 0 Å². The van der Waals surface area contributed by atoms with Gasteiger partial charge in [-0.15, -0.1) is 0 Å². The molecule has 8 nitrogen and oxygen atoms in total. The van der Waals surface area contributed by atoms with E-state index in [1.54, 1.807) is 20.3 Å². The van der Waals surface area contributed by atoms with Crippen LogP contribution in [0, 0.1) is 0 Å². The molecule has 2 amide bonds. The molecule has 1 heterocycles. The summed E-state index contributed by atoms with van der Waals surface area (Å²) in [6, 6.07) is 5.10. The first-order valence-corrected chi connectivity index (χ1v) is 10.5. The van der Waals surface area contributed by atoms with Gasteiger partial charge in [-0.25, -0.2) is 8.42 Å². The molecule has 1 aromatic rings. The predicted molar refractivity (Wildman–Crippen MR) is 101 cm³/mol. The van der Waals surface area contributed by atoms with E-state index in [0.29, 0.717) is 30.9 Å². The Morgan fingerprint density at radius 1 is 1.22 bits per heavy atom. The molecule has 0 spiro atoms. The Morgan fingerprint density at radius 2 is 1.93 bits per heavy atom. The van der Waals surface area contributed by atoms with E-state index in [1.165, 1.54) is 11.8 Å². The summed E-state index contributed by atoms with van der Waals surface area (Å²) >= 11 is 0. The smallest absolute Gasteiger partial charge is 0.239 e. The fourth-order valence-corrected chi connectivity index (χ4v) is 4.84. The maximum atomic E-state index is 12.2. The van der Waals surface area contributed by atoms with Gasteiger partial charge < -0.3 is 19.7 Å². The molecule has 1 saturated heterocycles. The third-order valence-corrected chi connectivity index (χ3v) is 6.30. The summed E-state index contributed by atoms with van der Waals surface area (Å²) in [6.07, 6.45) is 0.963. The Morgan fingerprint density at radius 3 is 2.48 bits per heavy atom. The number of benzene rings is 1. The maximum Gasteiger partial charge on any atom is 0.239 e. The van der Waals surface area contributed by atoms with Crippen LogP contribution in [0.15, 0.2) is 18.2 Å². The summed E-state index contributed by atoms with van der Waals surface area (Å²) in [4.78, 5) is 25.4. The average Bonchev–Trinajstić information content (AvgIpc) is 2.98. The topological polar surface area (TPSA) is 102 Å². The molecule has 2 rings (SSSR count). The summed E-state index contributed by atoms with van der Waals surface area (Å²) in [5.74, 6) is 0.621. The first kappa shape index (κ1) is 21.0. The van der Waals surface area contributed by atoms with Gasteiger partial charge in [0.2, 0.25) is 11.8 Å². The van der Waals surface area contributed by atoms with Gasteiger partial charge in [-0.3, -0.25) is 9.59 Å². The number of carbonyl (C=O) groups is 2. The summed E-state index contributed by atoms with van der Waals surface area (Å²) in [7, 11) is -0.000780. The zero-order valence-electron chi connectivity index (χ0n) is 15.9. The van der Waals surface area contributed by atoms with E-state index in [-0.39, 0.29) is 29.9 Å². The number of hydrogen-bond acceptors (Lipinski definition) is 6. The Labute approximate surface area is 159 Å². The highest BCUT2D eigenvalue weighted by Gasteiger charge is 2.34. The van der Waals surface area contributed by atoms with Gasteiger partial charge >= 0.3 is 0 Å². The standard InChI is InChI=1S/C18H26N2O6S/c1-13(21)20(15-7-9-27(23,24)12-15)11-18(22)19-8-6-14-4-5-16(25-2)17(10-14)26-3/h4-5,10,15H,6-9,11-12H2,1-3H3,(H,19,22). The van der Waals surface area contributed by atoms with Gasteiger partial charge in [-0.05, 0) is 30.5 Å². The molecule has 0 saturated carbocycles. The lowest BCUT2D eigenvalue weighted by Crippen LogP contribution is -2.46. The van der Waals surface area contributed by atoms with Crippen molar-refractivity contribution in [1.82, 2.24) is 10.2 Å². The molecular weight excluding hydrogens is 372 g/mol. The first-order chi connectivity index (χ1) is 12.8. The lowest BCUT2D eigenvalue weighted by Gasteiger charge is -2.26. The molecule has 0 bridgehead atoms. The van der Waals surface area contributed by atoms with Crippen molar-refractivity contribution in [2.75, 3.05) is 38.8 Å². The number of ether oxygens (including phenoxy) is 2. The van der Waals surface area contributed by atoms with Gasteiger partial charge in [0, 0.05) is 19.5 Å². The minimum Gasteiger partial charge on any atom is -0.493 e. The van der Waals surface area contributed by atoms with Crippen molar-refractivity contribution in [2.45, 2.75) is 25.8 Å². The highest BCUT2D eigenvalue weighted by Crippen LogP contribution is 2.27. The van der Waals surface area contributed by atoms with Crippen molar-refractivity contribution in [1.29, 1.82) is 0 Å². The van der Waals surface area contributed by atoms with E-state index >= 15 is 0 Å². The first-order valence-electron chi connectivity index (χ1n) is 8.71. The number of methoxy groups -OCH3 is 2. The molecular formula is C18H26N2O6S. The highest BCUT2D eigenvalue weighted by atomic mass is 32.2. The summed E-state index contributed by atoms with van der Waals surface area (Å²) in [6.45, 7) is 1.60. The predicted octanol–water partition coefficient (Wildman–Crippen LogP) is 0.398. The molecule has 9 heteroatoms. The normalized spacial score (nSPS) is 18.0. The molecule has 1 unspecified atom stereocenters. The molecule has 1 fully saturated rings. The van der Waals surface area contributed by atoms with E-state index in [9.17, 15) is 18.0 Å². The van der Waals surface area contributed by atoms with Gasteiger partial charge in [-0.1, -0.05) is 6.07 Å². The second-order valence-corrected chi connectivity index (χ2v) is 8.72. The van der Waals surface area contributed by atoms with Crippen LogP contribution < -0.4 is 14.8 Å². The van der Waals surface area contributed by atoms with Crippen molar-refractivity contribution in [2.24, 2.45) is 0 Å². The van der Waals surface area contributed by atoms with Gasteiger partial charge in [-0.2, -0.15) is 0 Å².